The highest BCUT2D eigenvalue weighted by Crippen LogP contribution is 2.14. The average molecular weight is 494 g/mol. The Morgan fingerprint density at radius 1 is 0.714 bits per heavy atom. The number of hydrogen-bond acceptors (Lipinski definition) is 3. The highest BCUT2D eigenvalue weighted by molar-refractivity contribution is 5.76. The molecule has 1 amide bonds. The zero-order valence-electron chi connectivity index (χ0n) is 23.6. The van der Waals surface area contributed by atoms with Gasteiger partial charge in [-0.2, -0.15) is 0 Å². The molecule has 0 spiro atoms. The number of carbonyl (C=O) groups is 1. The Balaban J connectivity index is 3.90. The molecule has 0 unspecified atom stereocenters. The first kappa shape index (κ1) is 34.0. The van der Waals surface area contributed by atoms with Gasteiger partial charge >= 0.3 is 0 Å². The summed E-state index contributed by atoms with van der Waals surface area (Å²) in [6.07, 6.45) is 26.4. The number of unbranched alkanes of at least 4 members (excludes halogenated alkanes) is 19. The molecule has 0 aromatic heterocycles. The summed E-state index contributed by atoms with van der Waals surface area (Å²) in [6.45, 7) is 5.76. The molecule has 0 aromatic rings. The average Bonchev–Trinajstić information content (AvgIpc) is 2.84. The summed E-state index contributed by atoms with van der Waals surface area (Å²) in [5.74, 6) is 5.84. The third-order valence-electron chi connectivity index (χ3n) is 6.95. The number of aliphatic hydroxyl groups is 2. The van der Waals surface area contributed by atoms with Crippen molar-refractivity contribution < 1.29 is 15.0 Å². The second-order valence-corrected chi connectivity index (χ2v) is 10.6. The van der Waals surface area contributed by atoms with E-state index in [1.165, 1.54) is 109 Å². The van der Waals surface area contributed by atoms with Gasteiger partial charge in [0.1, 0.15) is 5.60 Å². The number of amides is 1. The maximum Gasteiger partial charge on any atom is 0.220 e. The smallest absolute Gasteiger partial charge is 0.220 e. The van der Waals surface area contributed by atoms with E-state index < -0.39 is 11.6 Å². The maximum absolute atomic E-state index is 12.3. The van der Waals surface area contributed by atoms with Crippen LogP contribution in [0.3, 0.4) is 0 Å². The van der Waals surface area contributed by atoms with Crippen LogP contribution in [0.2, 0.25) is 0 Å². The molecule has 0 bridgehead atoms. The number of hydrogen-bond donors (Lipinski definition) is 3. The van der Waals surface area contributed by atoms with Gasteiger partial charge in [-0.15, -0.1) is 5.92 Å². The Hall–Kier alpha value is -1.05. The van der Waals surface area contributed by atoms with Crippen LogP contribution >= 0.6 is 0 Å². The minimum atomic E-state index is -1.42. The summed E-state index contributed by atoms with van der Waals surface area (Å²) in [5.41, 5.74) is -1.42. The molecule has 4 heteroatoms. The van der Waals surface area contributed by atoms with E-state index in [-0.39, 0.29) is 12.5 Å². The number of nitrogens with one attached hydrogen (secondary N) is 1. The zero-order chi connectivity index (χ0) is 26.0. The Morgan fingerprint density at radius 3 is 1.54 bits per heavy atom. The van der Waals surface area contributed by atoms with Crippen molar-refractivity contribution in [2.75, 3.05) is 6.61 Å². The summed E-state index contributed by atoms with van der Waals surface area (Å²) >= 11 is 0. The molecule has 0 saturated carbocycles. The zero-order valence-corrected chi connectivity index (χ0v) is 23.6. The van der Waals surface area contributed by atoms with Crippen molar-refractivity contribution in [1.82, 2.24) is 5.32 Å². The summed E-state index contributed by atoms with van der Waals surface area (Å²) < 4.78 is 0. The molecule has 206 valence electrons. The van der Waals surface area contributed by atoms with Crippen LogP contribution in [0.25, 0.3) is 0 Å². The van der Waals surface area contributed by atoms with E-state index in [1.54, 1.807) is 6.92 Å². The monoisotopic (exact) mass is 493 g/mol. The van der Waals surface area contributed by atoms with Crippen molar-refractivity contribution in [3.63, 3.8) is 0 Å². The molecule has 0 aromatic carbocycles. The molecular formula is C31H59NO3. The lowest BCUT2D eigenvalue weighted by Crippen LogP contribution is -2.52. The van der Waals surface area contributed by atoms with Gasteiger partial charge in [0, 0.05) is 12.8 Å². The van der Waals surface area contributed by atoms with Crippen LogP contribution in [0.1, 0.15) is 162 Å². The molecule has 2 atom stereocenters. The number of carbonyl (C=O) groups excluding carboxylic acids is 1. The summed E-state index contributed by atoms with van der Waals surface area (Å²) in [5, 5.41) is 23.2. The summed E-state index contributed by atoms with van der Waals surface area (Å²) in [4.78, 5) is 12.3. The molecule has 0 aliphatic heterocycles. The molecule has 0 aliphatic rings. The van der Waals surface area contributed by atoms with Gasteiger partial charge in [-0.05, 0) is 19.8 Å². The third-order valence-corrected chi connectivity index (χ3v) is 6.95. The van der Waals surface area contributed by atoms with Gasteiger partial charge in [-0.25, -0.2) is 0 Å². The lowest BCUT2D eigenvalue weighted by molar-refractivity contribution is -0.123. The van der Waals surface area contributed by atoms with E-state index in [4.69, 9.17) is 0 Å². The second-order valence-electron chi connectivity index (χ2n) is 10.6. The van der Waals surface area contributed by atoms with Crippen molar-refractivity contribution in [2.24, 2.45) is 0 Å². The van der Waals surface area contributed by atoms with Crippen molar-refractivity contribution in [2.45, 2.75) is 174 Å². The van der Waals surface area contributed by atoms with E-state index in [0.717, 1.165) is 25.7 Å². The van der Waals surface area contributed by atoms with Gasteiger partial charge in [0.05, 0.1) is 12.6 Å². The van der Waals surface area contributed by atoms with Crippen LogP contribution in [0, 0.1) is 11.8 Å². The van der Waals surface area contributed by atoms with E-state index >= 15 is 0 Å². The minimum Gasteiger partial charge on any atom is -0.394 e. The molecule has 0 aliphatic carbocycles. The summed E-state index contributed by atoms with van der Waals surface area (Å²) in [7, 11) is 0. The first-order chi connectivity index (χ1) is 17.0. The van der Waals surface area contributed by atoms with E-state index in [9.17, 15) is 15.0 Å². The normalized spacial score (nSPS) is 13.6. The quantitative estimate of drug-likeness (QED) is 0.0947. The van der Waals surface area contributed by atoms with Crippen LogP contribution in [0.15, 0.2) is 0 Å². The molecule has 4 nitrogen and oxygen atoms in total. The van der Waals surface area contributed by atoms with Crippen LogP contribution in [-0.2, 0) is 4.79 Å². The van der Waals surface area contributed by atoms with Crippen molar-refractivity contribution in [3.8, 4) is 11.8 Å². The van der Waals surface area contributed by atoms with E-state index in [2.05, 4.69) is 31.0 Å². The Morgan fingerprint density at radius 2 is 1.11 bits per heavy atom. The van der Waals surface area contributed by atoms with Crippen LogP contribution in [0.4, 0.5) is 0 Å². The van der Waals surface area contributed by atoms with E-state index in [1.807, 2.05) is 0 Å². The fourth-order valence-corrected chi connectivity index (χ4v) is 4.43. The molecule has 3 N–H and O–H groups in total. The highest BCUT2D eigenvalue weighted by atomic mass is 16.3. The predicted molar refractivity (Wildman–Crippen MR) is 150 cm³/mol. The fraction of sp³-hybridized carbons (Fsp3) is 0.903. The molecule has 0 saturated heterocycles. The molecule has 0 radical (unpaired) electrons. The van der Waals surface area contributed by atoms with Gasteiger partial charge in [0.25, 0.3) is 0 Å². The van der Waals surface area contributed by atoms with Crippen molar-refractivity contribution >= 4 is 5.91 Å². The van der Waals surface area contributed by atoms with Gasteiger partial charge in [0.2, 0.25) is 5.91 Å². The minimum absolute atomic E-state index is 0.112. The molecule has 0 heterocycles. The van der Waals surface area contributed by atoms with E-state index in [0.29, 0.717) is 6.42 Å². The van der Waals surface area contributed by atoms with Crippen molar-refractivity contribution in [1.29, 1.82) is 0 Å². The molecule has 0 rings (SSSR count). The largest absolute Gasteiger partial charge is 0.394 e. The fourth-order valence-electron chi connectivity index (χ4n) is 4.43. The lowest BCUT2D eigenvalue weighted by atomic mass is 9.96. The van der Waals surface area contributed by atoms with Gasteiger partial charge in [-0.3, -0.25) is 4.79 Å². The van der Waals surface area contributed by atoms with Gasteiger partial charge in [0.15, 0.2) is 0 Å². The van der Waals surface area contributed by atoms with Gasteiger partial charge in [-0.1, -0.05) is 135 Å². The number of rotatable bonds is 24. The lowest BCUT2D eigenvalue weighted by Gasteiger charge is -2.27. The maximum atomic E-state index is 12.3. The second kappa shape index (κ2) is 24.6. The molecule has 0 fully saturated rings. The van der Waals surface area contributed by atoms with Crippen LogP contribution < -0.4 is 5.32 Å². The predicted octanol–water partition coefficient (Wildman–Crippen LogP) is 7.84. The Bertz CT molecular complexity index is 535. The molecule has 35 heavy (non-hydrogen) atoms. The number of aliphatic hydroxyl groups excluding tert-OH is 1. The topological polar surface area (TPSA) is 69.6 Å². The SMILES string of the molecule is CCCCCCCCCCCCCC#C[C@](C)(O)[C@H](CO)NC(=O)CCCCCCCCCCC. The third kappa shape index (κ3) is 21.9. The Kier molecular flexibility index (Phi) is 23.9. The van der Waals surface area contributed by atoms with Gasteiger partial charge < -0.3 is 15.5 Å². The highest BCUT2D eigenvalue weighted by Gasteiger charge is 2.30. The first-order valence-corrected chi connectivity index (χ1v) is 15.1. The first-order valence-electron chi connectivity index (χ1n) is 15.1. The van der Waals surface area contributed by atoms with Crippen LogP contribution in [0.5, 0.6) is 0 Å². The van der Waals surface area contributed by atoms with Crippen LogP contribution in [-0.4, -0.2) is 34.4 Å². The standard InChI is InChI=1S/C31H59NO3/c1-4-6-8-10-12-14-15-16-17-19-21-23-25-27-31(3,35)29(28-33)32-30(34)26-24-22-20-18-13-11-9-7-5-2/h29,33,35H,4-24,26,28H2,1-3H3,(H,32,34)/t29-,31-/m0/s1. The Labute approximate surface area is 218 Å². The van der Waals surface area contributed by atoms with Crippen molar-refractivity contribution in [3.05, 3.63) is 0 Å². The summed E-state index contributed by atoms with van der Waals surface area (Å²) in [6, 6.07) is -0.751. The molecular weight excluding hydrogens is 434 g/mol.